The molecule has 0 heterocycles. The number of carbonyl (C=O) groups excluding carboxylic acids is 1. The van der Waals surface area contributed by atoms with Crippen LogP contribution in [0.2, 0.25) is 0 Å². The first kappa shape index (κ1) is 9.18. The Balaban J connectivity index is 3.33. The van der Waals surface area contributed by atoms with Crippen molar-refractivity contribution < 1.29 is 15.0 Å². The summed E-state index contributed by atoms with van der Waals surface area (Å²) >= 11 is 0. The Labute approximate surface area is 74.8 Å². The number of phenols is 2. The Morgan fingerprint density at radius 2 is 2.08 bits per heavy atom. The summed E-state index contributed by atoms with van der Waals surface area (Å²) in [6, 6.07) is 2.57. The van der Waals surface area contributed by atoms with Crippen LogP contribution in [0.1, 0.15) is 10.4 Å². The highest BCUT2D eigenvalue weighted by atomic mass is 16.3. The van der Waals surface area contributed by atoms with Gasteiger partial charge in [0.05, 0.1) is 5.69 Å². The summed E-state index contributed by atoms with van der Waals surface area (Å²) in [4.78, 5) is 11.1. The van der Waals surface area contributed by atoms with Gasteiger partial charge in [-0.3, -0.25) is 4.79 Å². The van der Waals surface area contributed by atoms with Crippen LogP contribution in [-0.4, -0.2) is 23.2 Å². The molecule has 0 saturated carbocycles. The Morgan fingerprint density at radius 1 is 1.46 bits per heavy atom. The van der Waals surface area contributed by atoms with Crippen molar-refractivity contribution in [3.8, 4) is 11.5 Å². The molecule has 0 saturated heterocycles. The molecule has 0 radical (unpaired) electrons. The normalized spacial score (nSPS) is 9.62. The number of nitrogens with two attached hydrogens (primary N) is 1. The highest BCUT2D eigenvalue weighted by Gasteiger charge is 2.16. The third-order valence-corrected chi connectivity index (χ3v) is 1.64. The minimum Gasteiger partial charge on any atom is -0.507 e. The number of rotatable bonds is 1. The van der Waals surface area contributed by atoms with Crippen molar-refractivity contribution in [1.29, 1.82) is 0 Å². The van der Waals surface area contributed by atoms with E-state index in [0.29, 0.717) is 0 Å². The van der Waals surface area contributed by atoms with E-state index in [9.17, 15) is 15.0 Å². The number of phenolic OH excluding ortho intramolecular Hbond substituents is 2. The molecule has 0 aromatic heterocycles. The molecule has 1 aromatic carbocycles. The predicted molar refractivity (Wildman–Crippen MR) is 47.6 cm³/mol. The molecular weight excluding hydrogens is 172 g/mol. The lowest BCUT2D eigenvalue weighted by atomic mass is 10.1. The van der Waals surface area contributed by atoms with Gasteiger partial charge in [-0.1, -0.05) is 0 Å². The molecule has 1 aromatic rings. The zero-order valence-electron chi connectivity index (χ0n) is 7.03. The number of nitrogens with one attached hydrogen (secondary N) is 1. The third-order valence-electron chi connectivity index (χ3n) is 1.64. The van der Waals surface area contributed by atoms with E-state index in [1.54, 1.807) is 0 Å². The van der Waals surface area contributed by atoms with Crippen molar-refractivity contribution >= 4 is 11.6 Å². The van der Waals surface area contributed by atoms with Gasteiger partial charge in [-0.25, -0.2) is 0 Å². The Morgan fingerprint density at radius 3 is 2.62 bits per heavy atom. The summed E-state index contributed by atoms with van der Waals surface area (Å²) in [7, 11) is 1.39. The number of hydrogen-bond acceptors (Lipinski definition) is 4. The van der Waals surface area contributed by atoms with E-state index in [4.69, 9.17) is 5.73 Å². The maximum atomic E-state index is 11.1. The molecule has 0 atom stereocenters. The molecular formula is C8H10N2O3. The first-order chi connectivity index (χ1) is 6.07. The van der Waals surface area contributed by atoms with Gasteiger partial charge in [0.2, 0.25) is 0 Å². The summed E-state index contributed by atoms with van der Waals surface area (Å²) < 4.78 is 0. The van der Waals surface area contributed by atoms with Crippen LogP contribution >= 0.6 is 0 Å². The van der Waals surface area contributed by atoms with Crippen molar-refractivity contribution in [3.63, 3.8) is 0 Å². The number of nitrogen functional groups attached to an aromatic ring is 1. The van der Waals surface area contributed by atoms with Crippen LogP contribution in [0.5, 0.6) is 11.5 Å². The average Bonchev–Trinajstić information content (AvgIpc) is 2.12. The number of amides is 1. The topological polar surface area (TPSA) is 95.6 Å². The van der Waals surface area contributed by atoms with E-state index in [1.807, 2.05) is 0 Å². The number of hydrogen-bond donors (Lipinski definition) is 4. The molecule has 0 aliphatic heterocycles. The minimum atomic E-state index is -0.581. The fraction of sp³-hybridized carbons (Fsp3) is 0.125. The molecule has 1 amide bonds. The number of benzene rings is 1. The summed E-state index contributed by atoms with van der Waals surface area (Å²) in [5, 5.41) is 20.9. The Bertz CT molecular complexity index is 349. The molecule has 0 unspecified atom stereocenters. The molecule has 1 rings (SSSR count). The SMILES string of the molecule is CNC(=O)c1c(O)ccc(N)c1O. The van der Waals surface area contributed by atoms with Gasteiger partial charge in [-0.2, -0.15) is 0 Å². The van der Waals surface area contributed by atoms with Crippen LogP contribution in [0.4, 0.5) is 5.69 Å². The van der Waals surface area contributed by atoms with E-state index in [2.05, 4.69) is 5.32 Å². The predicted octanol–water partition coefficient (Wildman–Crippen LogP) is 0.0396. The van der Waals surface area contributed by atoms with E-state index in [-0.39, 0.29) is 17.0 Å². The van der Waals surface area contributed by atoms with Gasteiger partial charge in [0, 0.05) is 7.05 Å². The van der Waals surface area contributed by atoms with Crippen LogP contribution in [-0.2, 0) is 0 Å². The lowest BCUT2D eigenvalue weighted by molar-refractivity contribution is 0.0958. The van der Waals surface area contributed by atoms with Crippen molar-refractivity contribution in [1.82, 2.24) is 5.32 Å². The fourth-order valence-electron chi connectivity index (χ4n) is 0.945. The summed E-state index contributed by atoms with van der Waals surface area (Å²) in [6.07, 6.45) is 0. The quantitative estimate of drug-likeness (QED) is 0.280. The number of aromatic hydroxyl groups is 2. The molecule has 0 aliphatic rings. The van der Waals surface area contributed by atoms with Gasteiger partial charge in [0.15, 0.2) is 5.75 Å². The highest BCUT2D eigenvalue weighted by Crippen LogP contribution is 2.31. The lowest BCUT2D eigenvalue weighted by Crippen LogP contribution is -2.18. The first-order valence-electron chi connectivity index (χ1n) is 3.60. The third kappa shape index (κ3) is 1.48. The van der Waals surface area contributed by atoms with Crippen molar-refractivity contribution in [2.24, 2.45) is 0 Å². The van der Waals surface area contributed by atoms with Crippen LogP contribution in [0.25, 0.3) is 0 Å². The van der Waals surface area contributed by atoms with Gasteiger partial charge < -0.3 is 21.3 Å². The Hall–Kier alpha value is -1.91. The molecule has 0 fully saturated rings. The summed E-state index contributed by atoms with van der Waals surface area (Å²) in [5.74, 6) is -1.28. The second-order valence-corrected chi connectivity index (χ2v) is 2.48. The number of carbonyl (C=O) groups is 1. The standard InChI is InChI=1S/C8H10N2O3/c1-10-8(13)6-5(11)3-2-4(9)7(6)12/h2-3,11-12H,9H2,1H3,(H,10,13). The highest BCUT2D eigenvalue weighted by molar-refractivity contribution is 6.00. The summed E-state index contributed by atoms with van der Waals surface area (Å²) in [5.41, 5.74) is 5.19. The molecule has 70 valence electrons. The zero-order valence-corrected chi connectivity index (χ0v) is 7.03. The molecule has 0 spiro atoms. The average molecular weight is 182 g/mol. The maximum Gasteiger partial charge on any atom is 0.258 e. The van der Waals surface area contributed by atoms with Gasteiger partial charge in [0.1, 0.15) is 11.3 Å². The monoisotopic (exact) mass is 182 g/mol. The van der Waals surface area contributed by atoms with Crippen LogP contribution < -0.4 is 11.1 Å². The van der Waals surface area contributed by atoms with E-state index >= 15 is 0 Å². The summed E-state index contributed by atoms with van der Waals surface area (Å²) in [6.45, 7) is 0. The van der Waals surface area contributed by atoms with E-state index in [0.717, 1.165) is 0 Å². The zero-order chi connectivity index (χ0) is 10.0. The number of anilines is 1. The molecule has 5 nitrogen and oxygen atoms in total. The van der Waals surface area contributed by atoms with Gasteiger partial charge >= 0.3 is 0 Å². The van der Waals surface area contributed by atoms with Crippen LogP contribution in [0.15, 0.2) is 12.1 Å². The molecule has 5 N–H and O–H groups in total. The first-order valence-corrected chi connectivity index (χ1v) is 3.60. The van der Waals surface area contributed by atoms with Gasteiger partial charge in [0.25, 0.3) is 5.91 Å². The van der Waals surface area contributed by atoms with Crippen LogP contribution in [0, 0.1) is 0 Å². The van der Waals surface area contributed by atoms with Crippen molar-refractivity contribution in [3.05, 3.63) is 17.7 Å². The molecule has 13 heavy (non-hydrogen) atoms. The van der Waals surface area contributed by atoms with Crippen molar-refractivity contribution in [2.45, 2.75) is 0 Å². The second-order valence-electron chi connectivity index (χ2n) is 2.48. The Kier molecular flexibility index (Phi) is 2.27. The van der Waals surface area contributed by atoms with E-state index in [1.165, 1.54) is 19.2 Å². The minimum absolute atomic E-state index is 0.0522. The van der Waals surface area contributed by atoms with Gasteiger partial charge in [-0.15, -0.1) is 0 Å². The molecule has 5 heteroatoms. The second kappa shape index (κ2) is 3.22. The van der Waals surface area contributed by atoms with Gasteiger partial charge in [-0.05, 0) is 12.1 Å². The lowest BCUT2D eigenvalue weighted by Gasteiger charge is -2.07. The molecule has 0 bridgehead atoms. The fourth-order valence-corrected chi connectivity index (χ4v) is 0.945. The van der Waals surface area contributed by atoms with Crippen molar-refractivity contribution in [2.75, 3.05) is 12.8 Å². The molecule has 0 aliphatic carbocycles. The van der Waals surface area contributed by atoms with Crippen LogP contribution in [0.3, 0.4) is 0 Å². The maximum absolute atomic E-state index is 11.1. The largest absolute Gasteiger partial charge is 0.507 e. The smallest absolute Gasteiger partial charge is 0.258 e. The van der Waals surface area contributed by atoms with E-state index < -0.39 is 11.7 Å².